The van der Waals surface area contributed by atoms with Gasteiger partial charge in [-0.3, -0.25) is 0 Å². The van der Waals surface area contributed by atoms with Crippen molar-refractivity contribution in [3.8, 4) is 6.07 Å². The molecular formula is C20H16ClN3O2. The van der Waals surface area contributed by atoms with Gasteiger partial charge in [-0.1, -0.05) is 29.8 Å². The number of anilines is 1. The van der Waals surface area contributed by atoms with Gasteiger partial charge in [-0.25, -0.2) is 9.78 Å². The van der Waals surface area contributed by atoms with Gasteiger partial charge in [0.2, 0.25) is 0 Å². The lowest BCUT2D eigenvalue weighted by atomic mass is 9.98. The van der Waals surface area contributed by atoms with Crippen molar-refractivity contribution in [1.82, 2.24) is 4.98 Å². The van der Waals surface area contributed by atoms with Gasteiger partial charge in [0.15, 0.2) is 5.69 Å². The molecule has 0 saturated carbocycles. The zero-order valence-corrected chi connectivity index (χ0v) is 15.0. The van der Waals surface area contributed by atoms with E-state index in [1.807, 2.05) is 32.0 Å². The van der Waals surface area contributed by atoms with E-state index in [0.717, 1.165) is 16.5 Å². The van der Waals surface area contributed by atoms with Gasteiger partial charge >= 0.3 is 5.97 Å². The number of hydrogen-bond donors (Lipinski definition) is 2. The molecule has 0 unspecified atom stereocenters. The minimum absolute atomic E-state index is 0.188. The van der Waals surface area contributed by atoms with Crippen LogP contribution in [0.15, 0.2) is 42.5 Å². The third-order valence-corrected chi connectivity index (χ3v) is 4.45. The number of halogens is 1. The molecule has 0 radical (unpaired) electrons. The number of nitrogens with zero attached hydrogens (tertiary/aromatic N) is 2. The summed E-state index contributed by atoms with van der Waals surface area (Å²) < 4.78 is 0. The Kier molecular flexibility index (Phi) is 4.79. The van der Waals surface area contributed by atoms with Crippen LogP contribution in [0.3, 0.4) is 0 Å². The van der Waals surface area contributed by atoms with Gasteiger partial charge in [0.1, 0.15) is 6.07 Å². The summed E-state index contributed by atoms with van der Waals surface area (Å²) in [6.07, 6.45) is 0. The lowest BCUT2D eigenvalue weighted by molar-refractivity contribution is 0.0698. The highest BCUT2D eigenvalue weighted by Crippen LogP contribution is 2.31. The first kappa shape index (κ1) is 17.7. The number of pyridine rings is 1. The smallest absolute Gasteiger partial charge is 0.337 e. The van der Waals surface area contributed by atoms with Crippen LogP contribution >= 0.6 is 11.6 Å². The molecule has 0 aliphatic carbocycles. The number of nitriles is 1. The zero-order valence-electron chi connectivity index (χ0n) is 14.2. The maximum absolute atomic E-state index is 11.4. The molecule has 0 spiro atoms. The number of carboxylic acids is 1. The fourth-order valence-corrected chi connectivity index (χ4v) is 3.16. The molecule has 0 fully saturated rings. The summed E-state index contributed by atoms with van der Waals surface area (Å²) in [5, 5.41) is 22.9. The molecule has 0 amide bonds. The second kappa shape index (κ2) is 7.03. The fraction of sp³-hybridized carbons (Fsp3) is 0.150. The summed E-state index contributed by atoms with van der Waals surface area (Å²) in [5.74, 6) is -0.988. The molecule has 0 bridgehead atoms. The molecular weight excluding hydrogens is 350 g/mol. The first-order valence-corrected chi connectivity index (χ1v) is 8.38. The van der Waals surface area contributed by atoms with Gasteiger partial charge in [0, 0.05) is 17.1 Å². The fourth-order valence-electron chi connectivity index (χ4n) is 2.97. The average molecular weight is 366 g/mol. The standard InChI is InChI=1S/C20H16ClN3O2/c1-11-7-14(15-9-16(21)19(10-22)24-18(15)8-11)12(2)23-17-6-4-3-5-13(17)20(25)26/h3-9,12,23H,1-2H3,(H,25,26)/t12-/m1/s1. The van der Waals surface area contributed by atoms with Crippen molar-refractivity contribution in [2.75, 3.05) is 5.32 Å². The second-order valence-corrected chi connectivity index (χ2v) is 6.48. The highest BCUT2D eigenvalue weighted by molar-refractivity contribution is 6.32. The summed E-state index contributed by atoms with van der Waals surface area (Å²) in [4.78, 5) is 15.8. The van der Waals surface area contributed by atoms with Crippen LogP contribution < -0.4 is 5.32 Å². The number of aromatic carboxylic acids is 1. The monoisotopic (exact) mass is 365 g/mol. The molecule has 0 saturated heterocycles. The van der Waals surface area contributed by atoms with Crippen molar-refractivity contribution < 1.29 is 9.90 Å². The van der Waals surface area contributed by atoms with Gasteiger partial charge in [0.25, 0.3) is 0 Å². The number of aromatic nitrogens is 1. The average Bonchev–Trinajstić information content (AvgIpc) is 2.61. The van der Waals surface area contributed by atoms with Crippen LogP contribution in [0, 0.1) is 18.3 Å². The Balaban J connectivity index is 2.09. The predicted molar refractivity (Wildman–Crippen MR) is 102 cm³/mol. The number of carboxylic acid groups (broad SMARTS) is 1. The molecule has 3 rings (SSSR count). The van der Waals surface area contributed by atoms with E-state index in [2.05, 4.69) is 10.3 Å². The second-order valence-electron chi connectivity index (χ2n) is 6.07. The van der Waals surface area contributed by atoms with Gasteiger partial charge in [-0.2, -0.15) is 5.26 Å². The van der Waals surface area contributed by atoms with E-state index in [0.29, 0.717) is 16.2 Å². The maximum atomic E-state index is 11.4. The summed E-state index contributed by atoms with van der Waals surface area (Å²) >= 11 is 6.16. The minimum Gasteiger partial charge on any atom is -0.478 e. The SMILES string of the molecule is Cc1cc([C@@H](C)Nc2ccccc2C(=O)O)c2cc(Cl)c(C#N)nc2c1. The van der Waals surface area contributed by atoms with E-state index in [1.54, 1.807) is 30.3 Å². The first-order valence-electron chi connectivity index (χ1n) is 8.00. The summed E-state index contributed by atoms with van der Waals surface area (Å²) in [6.45, 7) is 3.89. The predicted octanol–water partition coefficient (Wildman–Crippen LogP) is 4.94. The zero-order chi connectivity index (χ0) is 18.8. The molecule has 3 aromatic rings. The Morgan fingerprint density at radius 1 is 1.31 bits per heavy atom. The van der Waals surface area contributed by atoms with E-state index in [9.17, 15) is 9.90 Å². The van der Waals surface area contributed by atoms with Crippen LogP contribution in [0.2, 0.25) is 5.02 Å². The Morgan fingerprint density at radius 3 is 2.73 bits per heavy atom. The van der Waals surface area contributed by atoms with E-state index in [4.69, 9.17) is 16.9 Å². The number of fused-ring (bicyclic) bond motifs is 1. The number of para-hydroxylation sites is 1. The van der Waals surface area contributed by atoms with E-state index in [-0.39, 0.29) is 17.3 Å². The Hall–Kier alpha value is -3.10. The minimum atomic E-state index is -0.988. The molecule has 2 N–H and O–H groups in total. The van der Waals surface area contributed by atoms with Crippen molar-refractivity contribution >= 4 is 34.2 Å². The Bertz CT molecular complexity index is 1060. The molecule has 5 nitrogen and oxygen atoms in total. The van der Waals surface area contributed by atoms with Gasteiger partial charge < -0.3 is 10.4 Å². The van der Waals surface area contributed by atoms with Crippen LogP contribution in [0.25, 0.3) is 10.9 Å². The quantitative estimate of drug-likeness (QED) is 0.683. The molecule has 1 aromatic heterocycles. The molecule has 26 heavy (non-hydrogen) atoms. The lowest BCUT2D eigenvalue weighted by Gasteiger charge is -2.20. The highest BCUT2D eigenvalue weighted by atomic mass is 35.5. The molecule has 130 valence electrons. The normalized spacial score (nSPS) is 11.8. The van der Waals surface area contributed by atoms with Gasteiger partial charge in [-0.15, -0.1) is 0 Å². The topological polar surface area (TPSA) is 86.0 Å². The number of hydrogen-bond acceptors (Lipinski definition) is 4. The summed E-state index contributed by atoms with van der Waals surface area (Å²) in [6, 6.07) is 14.2. The molecule has 1 heterocycles. The molecule has 1 atom stereocenters. The lowest BCUT2D eigenvalue weighted by Crippen LogP contribution is -2.11. The Labute approximate surface area is 155 Å². The molecule has 6 heteroatoms. The van der Waals surface area contributed by atoms with Crippen LogP contribution in [0.5, 0.6) is 0 Å². The number of nitrogens with one attached hydrogen (secondary N) is 1. The number of rotatable bonds is 4. The van der Waals surface area contributed by atoms with E-state index < -0.39 is 5.97 Å². The number of benzene rings is 2. The first-order chi connectivity index (χ1) is 12.4. The van der Waals surface area contributed by atoms with Crippen LogP contribution in [0.4, 0.5) is 5.69 Å². The van der Waals surface area contributed by atoms with Crippen molar-refractivity contribution in [3.05, 3.63) is 69.9 Å². The summed E-state index contributed by atoms with van der Waals surface area (Å²) in [5.41, 5.74) is 3.54. The number of carbonyl (C=O) groups is 1. The van der Waals surface area contributed by atoms with Gasteiger partial charge in [-0.05, 0) is 49.2 Å². The van der Waals surface area contributed by atoms with Crippen molar-refractivity contribution in [2.24, 2.45) is 0 Å². The van der Waals surface area contributed by atoms with Crippen LogP contribution in [-0.4, -0.2) is 16.1 Å². The highest BCUT2D eigenvalue weighted by Gasteiger charge is 2.16. The van der Waals surface area contributed by atoms with Crippen molar-refractivity contribution in [2.45, 2.75) is 19.9 Å². The number of aryl methyl sites for hydroxylation is 1. The third kappa shape index (κ3) is 3.32. The van der Waals surface area contributed by atoms with Crippen molar-refractivity contribution in [1.29, 1.82) is 5.26 Å². The largest absolute Gasteiger partial charge is 0.478 e. The maximum Gasteiger partial charge on any atom is 0.337 e. The summed E-state index contributed by atoms with van der Waals surface area (Å²) in [7, 11) is 0. The van der Waals surface area contributed by atoms with E-state index in [1.165, 1.54) is 0 Å². The molecule has 0 aliphatic rings. The van der Waals surface area contributed by atoms with Crippen LogP contribution in [0.1, 0.15) is 40.1 Å². The van der Waals surface area contributed by atoms with Crippen molar-refractivity contribution in [3.63, 3.8) is 0 Å². The molecule has 2 aromatic carbocycles. The Morgan fingerprint density at radius 2 is 2.04 bits per heavy atom. The van der Waals surface area contributed by atoms with Crippen LogP contribution in [-0.2, 0) is 0 Å². The van der Waals surface area contributed by atoms with Gasteiger partial charge in [0.05, 0.1) is 16.1 Å². The molecule has 0 aliphatic heterocycles. The van der Waals surface area contributed by atoms with E-state index >= 15 is 0 Å². The third-order valence-electron chi connectivity index (χ3n) is 4.17.